The first-order valence-electron chi connectivity index (χ1n) is 6.55. The monoisotopic (exact) mass is 390 g/mol. The Morgan fingerprint density at radius 2 is 1.73 bits per heavy atom. The lowest BCUT2D eigenvalue weighted by Crippen LogP contribution is -2.44. The van der Waals surface area contributed by atoms with E-state index in [1.54, 1.807) is 0 Å². The summed E-state index contributed by atoms with van der Waals surface area (Å²) in [5.74, 6) is -3.19. The second-order valence-electron chi connectivity index (χ2n) is 5.00. The van der Waals surface area contributed by atoms with Crippen molar-refractivity contribution in [1.82, 2.24) is 5.06 Å². The summed E-state index contributed by atoms with van der Waals surface area (Å²) in [5, 5.41) is 10.5. The lowest BCUT2D eigenvalue weighted by atomic mass is 9.94. The molecule has 13 heteroatoms. The first kappa shape index (κ1) is 17.8. The van der Waals surface area contributed by atoms with E-state index in [0.717, 1.165) is 12.1 Å². The van der Waals surface area contributed by atoms with Crippen molar-refractivity contribution in [1.29, 1.82) is 0 Å². The van der Waals surface area contributed by atoms with E-state index in [4.69, 9.17) is 0 Å². The van der Waals surface area contributed by atoms with E-state index >= 15 is 0 Å². The van der Waals surface area contributed by atoms with Gasteiger partial charge in [0.1, 0.15) is 5.56 Å². The van der Waals surface area contributed by atoms with Crippen molar-refractivity contribution in [3.8, 4) is 0 Å². The summed E-state index contributed by atoms with van der Waals surface area (Å²) in [7, 11) is -6.35. The SMILES string of the molecule is O=C1c2cccc3ccc([N+](=O)[O-])c(c23)C(=O)N1OS(=O)(=O)C(F)(F)F. The molecule has 2 amide bonds. The van der Waals surface area contributed by atoms with Gasteiger partial charge in [-0.05, 0) is 17.5 Å². The van der Waals surface area contributed by atoms with Gasteiger partial charge in [0.25, 0.3) is 17.5 Å². The Bertz CT molecular complexity index is 1090. The van der Waals surface area contributed by atoms with Gasteiger partial charge in [-0.2, -0.15) is 21.6 Å². The second kappa shape index (κ2) is 5.47. The summed E-state index contributed by atoms with van der Waals surface area (Å²) in [6.07, 6.45) is 0. The number of nitro groups is 1. The van der Waals surface area contributed by atoms with E-state index in [2.05, 4.69) is 4.28 Å². The number of carbonyl (C=O) groups excluding carboxylic acids is 2. The highest BCUT2D eigenvalue weighted by Crippen LogP contribution is 2.37. The van der Waals surface area contributed by atoms with Gasteiger partial charge in [-0.3, -0.25) is 19.7 Å². The third-order valence-corrected chi connectivity index (χ3v) is 4.40. The number of imide groups is 1. The van der Waals surface area contributed by atoms with Crippen LogP contribution in [0.5, 0.6) is 0 Å². The van der Waals surface area contributed by atoms with Crippen molar-refractivity contribution in [2.45, 2.75) is 5.51 Å². The summed E-state index contributed by atoms with van der Waals surface area (Å²) in [5.41, 5.74) is -7.90. The van der Waals surface area contributed by atoms with Crippen LogP contribution < -0.4 is 0 Å². The molecular weight excluding hydrogens is 385 g/mol. The topological polar surface area (TPSA) is 124 Å². The van der Waals surface area contributed by atoms with E-state index in [1.807, 2.05) is 0 Å². The van der Waals surface area contributed by atoms with Crippen molar-refractivity contribution >= 4 is 38.4 Å². The Kier molecular flexibility index (Phi) is 3.73. The Balaban J connectivity index is 2.26. The average molecular weight is 390 g/mol. The van der Waals surface area contributed by atoms with Gasteiger partial charge < -0.3 is 0 Å². The predicted octanol–water partition coefficient (Wildman–Crippen LogP) is 2.13. The number of carbonyl (C=O) groups is 2. The summed E-state index contributed by atoms with van der Waals surface area (Å²) in [6.45, 7) is 0. The van der Waals surface area contributed by atoms with Gasteiger partial charge in [0.2, 0.25) is 0 Å². The van der Waals surface area contributed by atoms with Gasteiger partial charge in [-0.15, -0.1) is 9.35 Å². The number of amides is 2. The van der Waals surface area contributed by atoms with Crippen LogP contribution >= 0.6 is 0 Å². The summed E-state index contributed by atoms with van der Waals surface area (Å²) < 4.78 is 63.5. The molecule has 9 nitrogen and oxygen atoms in total. The lowest BCUT2D eigenvalue weighted by molar-refractivity contribution is -0.385. The molecule has 26 heavy (non-hydrogen) atoms. The number of hydrogen-bond donors (Lipinski definition) is 0. The molecule has 0 bridgehead atoms. The highest BCUT2D eigenvalue weighted by Gasteiger charge is 2.52. The molecule has 136 valence electrons. The van der Waals surface area contributed by atoms with Crippen molar-refractivity contribution in [2.24, 2.45) is 0 Å². The molecule has 1 heterocycles. The Morgan fingerprint density at radius 3 is 2.31 bits per heavy atom. The second-order valence-corrected chi connectivity index (χ2v) is 6.52. The van der Waals surface area contributed by atoms with Gasteiger partial charge in [0.15, 0.2) is 0 Å². The van der Waals surface area contributed by atoms with Crippen molar-refractivity contribution in [2.75, 3.05) is 0 Å². The first-order valence-corrected chi connectivity index (χ1v) is 7.96. The van der Waals surface area contributed by atoms with Gasteiger partial charge in [0.05, 0.1) is 10.5 Å². The number of nitro benzene ring substituents is 1. The maximum absolute atomic E-state index is 12.5. The zero-order chi connectivity index (χ0) is 19.4. The minimum absolute atomic E-state index is 0.180. The molecule has 0 spiro atoms. The maximum atomic E-state index is 12.5. The van der Waals surface area contributed by atoms with Crippen molar-refractivity contribution in [3.63, 3.8) is 0 Å². The van der Waals surface area contributed by atoms with E-state index in [1.165, 1.54) is 18.2 Å². The Hall–Kier alpha value is -3.06. The van der Waals surface area contributed by atoms with Gasteiger partial charge >= 0.3 is 15.6 Å². The molecule has 0 saturated heterocycles. The fourth-order valence-corrected chi connectivity index (χ4v) is 2.84. The quantitative estimate of drug-likeness (QED) is 0.340. The summed E-state index contributed by atoms with van der Waals surface area (Å²) in [4.78, 5) is 34.8. The van der Waals surface area contributed by atoms with Crippen molar-refractivity contribution < 1.29 is 40.4 Å². The standard InChI is InChI=1S/C13H5F3N2O7S/c14-13(15,16)26(23,24)25-17-11(19)7-3-1-2-6-4-5-8(18(21)22)10(9(6)7)12(17)20/h1-5H. The predicted molar refractivity (Wildman–Crippen MR) is 77.2 cm³/mol. The van der Waals surface area contributed by atoms with Gasteiger partial charge in [0, 0.05) is 11.5 Å². The van der Waals surface area contributed by atoms with E-state index in [-0.39, 0.29) is 10.8 Å². The average Bonchev–Trinajstić information content (AvgIpc) is 2.54. The van der Waals surface area contributed by atoms with Crippen LogP contribution in [0.15, 0.2) is 30.3 Å². The molecule has 1 aliphatic heterocycles. The lowest BCUT2D eigenvalue weighted by Gasteiger charge is -2.25. The molecule has 0 radical (unpaired) electrons. The molecule has 0 fully saturated rings. The largest absolute Gasteiger partial charge is 0.525 e. The van der Waals surface area contributed by atoms with Crippen LogP contribution in [0.1, 0.15) is 20.7 Å². The molecule has 0 atom stereocenters. The van der Waals surface area contributed by atoms with E-state index in [9.17, 15) is 41.3 Å². The summed E-state index contributed by atoms with van der Waals surface area (Å²) >= 11 is 0. The number of benzene rings is 2. The Labute approximate surface area is 141 Å². The first-order chi connectivity index (χ1) is 12.0. The number of rotatable bonds is 3. The minimum atomic E-state index is -6.35. The molecule has 3 rings (SSSR count). The molecule has 0 aromatic heterocycles. The highest BCUT2D eigenvalue weighted by atomic mass is 32.2. The van der Waals surface area contributed by atoms with Crippen molar-refractivity contribution in [3.05, 3.63) is 51.6 Å². The number of hydroxylamine groups is 2. The normalized spacial score (nSPS) is 14.8. The minimum Gasteiger partial charge on any atom is -0.266 e. The zero-order valence-corrected chi connectivity index (χ0v) is 13.0. The smallest absolute Gasteiger partial charge is 0.266 e. The molecule has 0 saturated carbocycles. The van der Waals surface area contributed by atoms with Crippen LogP contribution in [0.3, 0.4) is 0 Å². The number of halogens is 3. The van der Waals surface area contributed by atoms with Gasteiger partial charge in [-0.25, -0.2) is 0 Å². The molecular formula is C13H5F3N2O7S. The molecule has 0 N–H and O–H groups in total. The van der Waals surface area contributed by atoms with Crippen LogP contribution in [0.25, 0.3) is 10.8 Å². The van der Waals surface area contributed by atoms with Gasteiger partial charge in [-0.1, -0.05) is 12.1 Å². The van der Waals surface area contributed by atoms with Crippen LogP contribution in [-0.2, 0) is 14.4 Å². The van der Waals surface area contributed by atoms with Crippen LogP contribution in [-0.4, -0.2) is 35.7 Å². The third kappa shape index (κ3) is 2.48. The fourth-order valence-electron chi connectivity index (χ4n) is 2.43. The summed E-state index contributed by atoms with van der Waals surface area (Å²) in [6, 6.07) is 5.93. The van der Waals surface area contributed by atoms with E-state index in [0.29, 0.717) is 0 Å². The zero-order valence-electron chi connectivity index (χ0n) is 12.2. The van der Waals surface area contributed by atoms with Crippen LogP contribution in [0.4, 0.5) is 18.9 Å². The number of hydrogen-bond acceptors (Lipinski definition) is 7. The molecule has 2 aromatic rings. The van der Waals surface area contributed by atoms with Crippen LogP contribution in [0, 0.1) is 10.1 Å². The fraction of sp³-hybridized carbons (Fsp3) is 0.0769. The highest BCUT2D eigenvalue weighted by molar-refractivity contribution is 7.87. The third-order valence-electron chi connectivity index (χ3n) is 3.49. The molecule has 0 unspecified atom stereocenters. The Morgan fingerprint density at radius 1 is 1.08 bits per heavy atom. The molecule has 1 aliphatic rings. The molecule has 2 aromatic carbocycles. The number of nitrogens with zero attached hydrogens (tertiary/aromatic N) is 2. The van der Waals surface area contributed by atoms with Crippen LogP contribution in [0.2, 0.25) is 0 Å². The maximum Gasteiger partial charge on any atom is 0.525 e. The number of alkyl halides is 3. The van der Waals surface area contributed by atoms with E-state index < -0.39 is 54.2 Å². The molecule has 0 aliphatic carbocycles.